The largest absolute Gasteiger partial charge is 0.280 e. The van der Waals surface area contributed by atoms with Gasteiger partial charge in [-0.15, -0.1) is 11.6 Å². The normalized spacial score (nSPS) is 10.8. The van der Waals surface area contributed by atoms with Crippen molar-refractivity contribution in [3.05, 3.63) is 28.4 Å². The van der Waals surface area contributed by atoms with Gasteiger partial charge in [-0.2, -0.15) is 5.10 Å². The van der Waals surface area contributed by atoms with Gasteiger partial charge in [-0.05, 0) is 18.2 Å². The topological polar surface area (TPSA) is 28.7 Å². The Hall–Kier alpha value is -0.540. The van der Waals surface area contributed by atoms with Crippen LogP contribution in [0.25, 0.3) is 10.9 Å². The molecule has 0 radical (unpaired) electrons. The summed E-state index contributed by atoms with van der Waals surface area (Å²) in [6.45, 7) is 0. The van der Waals surface area contributed by atoms with Crippen molar-refractivity contribution in [1.29, 1.82) is 0 Å². The van der Waals surface area contributed by atoms with Crippen LogP contribution in [0.1, 0.15) is 5.69 Å². The van der Waals surface area contributed by atoms with Gasteiger partial charge in [-0.25, -0.2) is 0 Å². The number of fused-ring (bicyclic) bond motifs is 1. The first-order valence-electron chi connectivity index (χ1n) is 3.50. The minimum Gasteiger partial charge on any atom is -0.280 e. The molecule has 0 aliphatic heterocycles. The smallest absolute Gasteiger partial charge is 0.0924 e. The zero-order valence-corrected chi connectivity index (χ0v) is 8.48. The van der Waals surface area contributed by atoms with Crippen LogP contribution in [0.2, 0.25) is 0 Å². The number of hydrogen-bond acceptors (Lipinski definition) is 1. The molecular weight excluding hydrogens is 239 g/mol. The highest BCUT2D eigenvalue weighted by Gasteiger charge is 2.03. The lowest BCUT2D eigenvalue weighted by Gasteiger charge is -1.91. The van der Waals surface area contributed by atoms with Crippen LogP contribution in [0.5, 0.6) is 0 Å². The van der Waals surface area contributed by atoms with Crippen LogP contribution in [0.3, 0.4) is 0 Å². The van der Waals surface area contributed by atoms with Gasteiger partial charge in [0.1, 0.15) is 0 Å². The van der Waals surface area contributed by atoms with Gasteiger partial charge in [0.25, 0.3) is 0 Å². The van der Waals surface area contributed by atoms with E-state index in [9.17, 15) is 0 Å². The summed E-state index contributed by atoms with van der Waals surface area (Å²) >= 11 is 9.11. The molecule has 0 saturated carbocycles. The Kier molecular flexibility index (Phi) is 2.07. The van der Waals surface area contributed by atoms with Crippen molar-refractivity contribution >= 4 is 38.4 Å². The number of alkyl halides is 1. The molecule has 0 unspecified atom stereocenters. The molecule has 0 spiro atoms. The van der Waals surface area contributed by atoms with E-state index in [1.165, 1.54) is 0 Å². The molecule has 1 heterocycles. The van der Waals surface area contributed by atoms with Crippen LogP contribution in [0, 0.1) is 0 Å². The van der Waals surface area contributed by atoms with Crippen LogP contribution in [0.15, 0.2) is 22.7 Å². The second-order valence-electron chi connectivity index (χ2n) is 2.50. The van der Waals surface area contributed by atoms with Gasteiger partial charge in [0.15, 0.2) is 0 Å². The summed E-state index contributed by atoms with van der Waals surface area (Å²) in [5.74, 6) is 0.465. The lowest BCUT2D eigenvalue weighted by Crippen LogP contribution is -1.76. The van der Waals surface area contributed by atoms with E-state index in [0.29, 0.717) is 5.88 Å². The molecule has 1 N–H and O–H groups in total. The maximum absolute atomic E-state index is 5.71. The number of halogens is 2. The molecule has 0 aliphatic rings. The Labute approximate surface area is 83.0 Å². The molecule has 0 fully saturated rings. The number of rotatable bonds is 1. The molecule has 0 amide bonds. The third-order valence-electron chi connectivity index (χ3n) is 1.73. The first kappa shape index (κ1) is 8.08. The van der Waals surface area contributed by atoms with Crippen LogP contribution in [0.4, 0.5) is 0 Å². The first-order chi connectivity index (χ1) is 5.81. The number of aromatic nitrogens is 2. The van der Waals surface area contributed by atoms with Crippen molar-refractivity contribution in [2.45, 2.75) is 5.88 Å². The van der Waals surface area contributed by atoms with Gasteiger partial charge in [0.05, 0.1) is 17.1 Å². The van der Waals surface area contributed by atoms with E-state index in [-0.39, 0.29) is 0 Å². The number of nitrogens with zero attached hydrogens (tertiary/aromatic N) is 1. The van der Waals surface area contributed by atoms with Gasteiger partial charge in [0.2, 0.25) is 0 Å². The Morgan fingerprint density at radius 2 is 2.33 bits per heavy atom. The van der Waals surface area contributed by atoms with Gasteiger partial charge >= 0.3 is 0 Å². The van der Waals surface area contributed by atoms with E-state index < -0.39 is 0 Å². The summed E-state index contributed by atoms with van der Waals surface area (Å²) in [6, 6.07) is 5.92. The van der Waals surface area contributed by atoms with E-state index in [2.05, 4.69) is 26.1 Å². The summed E-state index contributed by atoms with van der Waals surface area (Å²) in [6.07, 6.45) is 0. The molecule has 0 aliphatic carbocycles. The van der Waals surface area contributed by atoms with Gasteiger partial charge < -0.3 is 0 Å². The molecule has 0 atom stereocenters. The molecular formula is C8H6BrClN2. The summed E-state index contributed by atoms with van der Waals surface area (Å²) < 4.78 is 1.04. The molecule has 2 rings (SSSR count). The quantitative estimate of drug-likeness (QED) is 0.769. The summed E-state index contributed by atoms with van der Waals surface area (Å²) in [4.78, 5) is 0. The SMILES string of the molecule is ClCc1[nH]nc2ccc(Br)cc12. The average molecular weight is 246 g/mol. The van der Waals surface area contributed by atoms with Crippen molar-refractivity contribution < 1.29 is 0 Å². The molecule has 62 valence electrons. The maximum atomic E-state index is 5.71. The standard InChI is InChI=1S/C8H6BrClN2/c9-5-1-2-7-6(3-5)8(4-10)12-11-7/h1-3H,4H2,(H,11,12). The fraction of sp³-hybridized carbons (Fsp3) is 0.125. The minimum atomic E-state index is 0.465. The van der Waals surface area contributed by atoms with E-state index in [1.807, 2.05) is 18.2 Å². The summed E-state index contributed by atoms with van der Waals surface area (Å²) in [5.41, 5.74) is 1.92. The number of aromatic amines is 1. The lowest BCUT2D eigenvalue weighted by atomic mass is 10.2. The van der Waals surface area contributed by atoms with Crippen LogP contribution < -0.4 is 0 Å². The second kappa shape index (κ2) is 3.07. The molecule has 2 aromatic rings. The average Bonchev–Trinajstić information content (AvgIpc) is 2.46. The second-order valence-corrected chi connectivity index (χ2v) is 3.68. The van der Waals surface area contributed by atoms with Crippen molar-refractivity contribution in [1.82, 2.24) is 10.2 Å². The van der Waals surface area contributed by atoms with Crippen molar-refractivity contribution in [3.8, 4) is 0 Å². The van der Waals surface area contributed by atoms with Crippen molar-refractivity contribution in [3.63, 3.8) is 0 Å². The van der Waals surface area contributed by atoms with Crippen molar-refractivity contribution in [2.75, 3.05) is 0 Å². The fourth-order valence-corrected chi connectivity index (χ4v) is 1.70. The van der Waals surface area contributed by atoms with Crippen molar-refractivity contribution in [2.24, 2.45) is 0 Å². The zero-order valence-electron chi connectivity index (χ0n) is 6.14. The predicted molar refractivity (Wildman–Crippen MR) is 53.4 cm³/mol. The summed E-state index contributed by atoms with van der Waals surface area (Å²) in [5, 5.41) is 8.07. The van der Waals surface area contributed by atoms with E-state index in [1.54, 1.807) is 0 Å². The fourth-order valence-electron chi connectivity index (χ4n) is 1.14. The highest BCUT2D eigenvalue weighted by Crippen LogP contribution is 2.21. The molecule has 1 aromatic carbocycles. The molecule has 12 heavy (non-hydrogen) atoms. The Morgan fingerprint density at radius 3 is 3.08 bits per heavy atom. The van der Waals surface area contributed by atoms with Gasteiger partial charge in [-0.1, -0.05) is 15.9 Å². The summed E-state index contributed by atoms with van der Waals surface area (Å²) in [7, 11) is 0. The van der Waals surface area contributed by atoms with Crippen LogP contribution in [-0.2, 0) is 5.88 Å². The van der Waals surface area contributed by atoms with E-state index in [0.717, 1.165) is 21.1 Å². The third-order valence-corrected chi connectivity index (χ3v) is 2.49. The Balaban J connectivity index is 2.75. The molecule has 2 nitrogen and oxygen atoms in total. The van der Waals surface area contributed by atoms with Crippen LogP contribution in [-0.4, -0.2) is 10.2 Å². The predicted octanol–water partition coefficient (Wildman–Crippen LogP) is 3.06. The number of benzene rings is 1. The molecule has 0 saturated heterocycles. The maximum Gasteiger partial charge on any atom is 0.0924 e. The highest BCUT2D eigenvalue weighted by molar-refractivity contribution is 9.10. The molecule has 4 heteroatoms. The lowest BCUT2D eigenvalue weighted by molar-refractivity contribution is 1.05. The van der Waals surface area contributed by atoms with Crippen LogP contribution >= 0.6 is 27.5 Å². The van der Waals surface area contributed by atoms with E-state index >= 15 is 0 Å². The van der Waals surface area contributed by atoms with Gasteiger partial charge in [0, 0.05) is 9.86 Å². The van der Waals surface area contributed by atoms with E-state index in [4.69, 9.17) is 11.6 Å². The monoisotopic (exact) mass is 244 g/mol. The number of hydrogen-bond donors (Lipinski definition) is 1. The zero-order chi connectivity index (χ0) is 8.55. The number of H-pyrrole nitrogens is 1. The van der Waals surface area contributed by atoms with Gasteiger partial charge in [-0.3, -0.25) is 5.10 Å². The minimum absolute atomic E-state index is 0.465. The highest BCUT2D eigenvalue weighted by atomic mass is 79.9. The first-order valence-corrected chi connectivity index (χ1v) is 4.82. The molecule has 1 aromatic heterocycles. The Bertz CT molecular complexity index is 410. The number of nitrogens with one attached hydrogen (secondary N) is 1. The Morgan fingerprint density at radius 1 is 1.50 bits per heavy atom. The third kappa shape index (κ3) is 1.23. The molecule has 0 bridgehead atoms.